The number of carbonyl (C=O) groups excluding carboxylic acids is 3. The van der Waals surface area contributed by atoms with E-state index in [1.54, 1.807) is 41.3 Å². The largest absolute Gasteiger partial charge is 0.490 e. The van der Waals surface area contributed by atoms with E-state index in [0.29, 0.717) is 36.8 Å². The maximum absolute atomic E-state index is 12.5. The van der Waals surface area contributed by atoms with E-state index in [0.717, 1.165) is 5.75 Å². The molecule has 192 valence electrons. The van der Waals surface area contributed by atoms with E-state index < -0.39 is 17.7 Å². The van der Waals surface area contributed by atoms with Crippen LogP contribution in [0.25, 0.3) is 0 Å². The third-order valence-corrected chi connectivity index (χ3v) is 5.72. The Labute approximate surface area is 218 Å². The molecular formula is C26H26N4O6S. The van der Waals surface area contributed by atoms with E-state index in [1.165, 1.54) is 6.26 Å². The van der Waals surface area contributed by atoms with Crippen LogP contribution in [0.1, 0.15) is 22.5 Å². The number of nitrogens with zero attached hydrogens (tertiary/aromatic N) is 1. The summed E-state index contributed by atoms with van der Waals surface area (Å²) < 4.78 is 16.5. The minimum atomic E-state index is -0.542. The summed E-state index contributed by atoms with van der Waals surface area (Å²) in [4.78, 5) is 38.7. The van der Waals surface area contributed by atoms with Gasteiger partial charge in [0.1, 0.15) is 30.5 Å². The quantitative estimate of drug-likeness (QED) is 0.223. The molecule has 37 heavy (non-hydrogen) atoms. The van der Waals surface area contributed by atoms with E-state index in [9.17, 15) is 14.4 Å². The molecule has 11 heteroatoms. The second-order valence-corrected chi connectivity index (χ2v) is 8.59. The van der Waals surface area contributed by atoms with Crippen LogP contribution < -0.4 is 25.6 Å². The van der Waals surface area contributed by atoms with Gasteiger partial charge in [-0.25, -0.2) is 0 Å². The lowest BCUT2D eigenvalue weighted by molar-refractivity contribution is -0.129. The second kappa shape index (κ2) is 12.5. The molecule has 1 aliphatic heterocycles. The number of thiocarbonyl (C=S) groups is 1. The van der Waals surface area contributed by atoms with Gasteiger partial charge in [-0.2, -0.15) is 0 Å². The molecule has 1 aliphatic rings. The molecule has 2 aromatic carbocycles. The van der Waals surface area contributed by atoms with Gasteiger partial charge in [0.25, 0.3) is 5.91 Å². The van der Waals surface area contributed by atoms with Gasteiger partial charge in [0.2, 0.25) is 11.8 Å². The molecule has 3 aromatic rings. The molecule has 1 saturated heterocycles. The third-order valence-electron chi connectivity index (χ3n) is 5.52. The number of nitrogens with one attached hydrogen (secondary N) is 3. The highest BCUT2D eigenvalue weighted by molar-refractivity contribution is 7.80. The number of likely N-dealkylation sites (tertiary alicyclic amines) is 1. The molecule has 1 fully saturated rings. The van der Waals surface area contributed by atoms with Crippen molar-refractivity contribution in [1.82, 2.24) is 21.1 Å². The Morgan fingerprint density at radius 2 is 1.65 bits per heavy atom. The van der Waals surface area contributed by atoms with Crippen molar-refractivity contribution >= 4 is 35.1 Å². The third kappa shape index (κ3) is 7.55. The molecule has 1 atom stereocenters. The van der Waals surface area contributed by atoms with Crippen LogP contribution in [0.4, 0.5) is 0 Å². The fourth-order valence-electron chi connectivity index (χ4n) is 3.66. The Hall–Kier alpha value is -4.38. The second-order valence-electron chi connectivity index (χ2n) is 8.19. The van der Waals surface area contributed by atoms with E-state index in [4.69, 9.17) is 26.1 Å². The van der Waals surface area contributed by atoms with Crippen LogP contribution >= 0.6 is 12.2 Å². The smallest absolute Gasteiger partial charge is 0.257 e. The lowest BCUT2D eigenvalue weighted by Gasteiger charge is -2.16. The van der Waals surface area contributed by atoms with Gasteiger partial charge in [0.15, 0.2) is 5.11 Å². The summed E-state index contributed by atoms with van der Waals surface area (Å²) in [7, 11) is 0. The Morgan fingerprint density at radius 1 is 0.946 bits per heavy atom. The molecule has 3 N–H and O–H groups in total. The summed E-state index contributed by atoms with van der Waals surface area (Å²) >= 11 is 5.10. The lowest BCUT2D eigenvalue weighted by Crippen LogP contribution is -2.50. The van der Waals surface area contributed by atoms with E-state index in [-0.39, 0.29) is 24.0 Å². The van der Waals surface area contributed by atoms with Crippen molar-refractivity contribution < 1.29 is 28.3 Å². The van der Waals surface area contributed by atoms with Crippen LogP contribution in [0.2, 0.25) is 0 Å². The Morgan fingerprint density at radius 3 is 2.32 bits per heavy atom. The molecule has 1 unspecified atom stereocenters. The first-order valence-electron chi connectivity index (χ1n) is 11.6. The van der Waals surface area contributed by atoms with Gasteiger partial charge in [0.05, 0.1) is 18.7 Å². The van der Waals surface area contributed by atoms with Crippen molar-refractivity contribution in [1.29, 1.82) is 0 Å². The standard InChI is InChI=1S/C26H26N4O6S/c31-23-15-19(16-30(23)17-22-7-4-12-34-22)25(33)28-29-26(37)27-24(32)18-8-10-21(11-9-18)36-14-13-35-20-5-2-1-3-6-20/h1-12,19H,13-17H2,(H,28,33)(H2,27,29,32,37). The number of para-hydroxylation sites is 1. The summed E-state index contributed by atoms with van der Waals surface area (Å²) in [5, 5.41) is 2.42. The molecule has 2 heterocycles. The van der Waals surface area contributed by atoms with Crippen LogP contribution in [0, 0.1) is 5.92 Å². The van der Waals surface area contributed by atoms with E-state index >= 15 is 0 Å². The summed E-state index contributed by atoms with van der Waals surface area (Å²) in [5.41, 5.74) is 5.32. The molecular weight excluding hydrogens is 496 g/mol. The first-order valence-corrected chi connectivity index (χ1v) is 12.0. The fourth-order valence-corrected chi connectivity index (χ4v) is 3.80. The molecule has 1 aromatic heterocycles. The van der Waals surface area contributed by atoms with Crippen molar-refractivity contribution in [3.63, 3.8) is 0 Å². The summed E-state index contributed by atoms with van der Waals surface area (Å²) in [6, 6.07) is 19.5. The van der Waals surface area contributed by atoms with Gasteiger partial charge in [-0.1, -0.05) is 18.2 Å². The maximum atomic E-state index is 12.5. The predicted octanol–water partition coefficient (Wildman–Crippen LogP) is 2.42. The first kappa shape index (κ1) is 25.7. The van der Waals surface area contributed by atoms with Crippen LogP contribution in [0.3, 0.4) is 0 Å². The van der Waals surface area contributed by atoms with Gasteiger partial charge in [-0.15, -0.1) is 0 Å². The topological polar surface area (TPSA) is 122 Å². The van der Waals surface area contributed by atoms with E-state index in [1.807, 2.05) is 30.3 Å². The normalized spacial score (nSPS) is 14.6. The molecule has 0 bridgehead atoms. The number of carbonyl (C=O) groups is 3. The van der Waals surface area contributed by atoms with Gasteiger partial charge in [-0.3, -0.25) is 30.6 Å². The molecule has 3 amide bonds. The Balaban J connectivity index is 1.15. The number of amides is 3. The number of ether oxygens (including phenoxy) is 2. The highest BCUT2D eigenvalue weighted by Crippen LogP contribution is 2.20. The SMILES string of the molecule is O=C(NC(=S)NNC(=O)C1CC(=O)N(Cc2ccco2)C1)c1ccc(OCCOc2ccccc2)cc1. The fraction of sp³-hybridized carbons (Fsp3) is 0.231. The molecule has 0 radical (unpaired) electrons. The van der Waals surface area contributed by atoms with Crippen LogP contribution in [0.15, 0.2) is 77.4 Å². The highest BCUT2D eigenvalue weighted by Gasteiger charge is 2.34. The summed E-state index contributed by atoms with van der Waals surface area (Å²) in [6.07, 6.45) is 1.62. The molecule has 4 rings (SSSR count). The van der Waals surface area contributed by atoms with Crippen molar-refractivity contribution in [3.05, 3.63) is 84.3 Å². The van der Waals surface area contributed by atoms with Crippen molar-refractivity contribution in [2.75, 3.05) is 19.8 Å². The maximum Gasteiger partial charge on any atom is 0.257 e. The lowest BCUT2D eigenvalue weighted by atomic mass is 10.1. The molecule has 0 aliphatic carbocycles. The molecule has 0 spiro atoms. The van der Waals surface area contributed by atoms with Crippen LogP contribution in [-0.4, -0.2) is 47.5 Å². The van der Waals surface area contributed by atoms with Crippen molar-refractivity contribution in [3.8, 4) is 11.5 Å². The first-order chi connectivity index (χ1) is 18.0. The van der Waals surface area contributed by atoms with Crippen molar-refractivity contribution in [2.24, 2.45) is 5.92 Å². The highest BCUT2D eigenvalue weighted by atomic mass is 32.1. The average molecular weight is 523 g/mol. The van der Waals surface area contributed by atoms with E-state index in [2.05, 4.69) is 16.2 Å². The average Bonchev–Trinajstić information content (AvgIpc) is 3.56. The number of hydrogen-bond acceptors (Lipinski definition) is 7. The van der Waals surface area contributed by atoms with Gasteiger partial charge in [0, 0.05) is 18.5 Å². The van der Waals surface area contributed by atoms with Crippen LogP contribution in [0.5, 0.6) is 11.5 Å². The number of furan rings is 1. The zero-order valence-corrected chi connectivity index (χ0v) is 20.7. The number of benzene rings is 2. The zero-order valence-electron chi connectivity index (χ0n) is 19.8. The number of hydrazine groups is 1. The minimum Gasteiger partial charge on any atom is -0.490 e. The molecule has 10 nitrogen and oxygen atoms in total. The Bertz CT molecular complexity index is 1220. The summed E-state index contributed by atoms with van der Waals surface area (Å²) in [6.45, 7) is 1.30. The predicted molar refractivity (Wildman–Crippen MR) is 137 cm³/mol. The van der Waals surface area contributed by atoms with Crippen LogP contribution in [-0.2, 0) is 16.1 Å². The number of rotatable bonds is 9. The van der Waals surface area contributed by atoms with Gasteiger partial charge in [-0.05, 0) is 60.7 Å². The minimum absolute atomic E-state index is 0.0755. The zero-order chi connectivity index (χ0) is 26.0. The van der Waals surface area contributed by atoms with Crippen molar-refractivity contribution in [2.45, 2.75) is 13.0 Å². The Kier molecular flexibility index (Phi) is 8.71. The summed E-state index contributed by atoms with van der Waals surface area (Å²) in [5.74, 6) is 0.475. The monoisotopic (exact) mass is 522 g/mol. The van der Waals surface area contributed by atoms with Gasteiger partial charge < -0.3 is 18.8 Å². The molecule has 0 saturated carbocycles. The van der Waals surface area contributed by atoms with Gasteiger partial charge >= 0.3 is 0 Å². The number of hydrogen-bond donors (Lipinski definition) is 3.